The molecule has 0 spiro atoms. The van der Waals surface area contributed by atoms with E-state index in [2.05, 4.69) is 5.16 Å². The molecule has 32 heavy (non-hydrogen) atoms. The second-order valence-corrected chi connectivity index (χ2v) is 6.62. The minimum Gasteiger partial charge on any atom is -0.503 e. The molecule has 0 atom stereocenters. The quantitative estimate of drug-likeness (QED) is 0.162. The van der Waals surface area contributed by atoms with Crippen LogP contribution >= 0.6 is 11.6 Å². The van der Waals surface area contributed by atoms with Crippen molar-refractivity contribution < 1.29 is 37.0 Å². The number of carbonyl (C=O) groups excluding carboxylic acids is 1. The summed E-state index contributed by atoms with van der Waals surface area (Å²) in [6, 6.07) is 5.83. The summed E-state index contributed by atoms with van der Waals surface area (Å²) in [4.78, 5) is 17.5. The Labute approximate surface area is 188 Å². The molecule has 0 fully saturated rings. The van der Waals surface area contributed by atoms with E-state index in [4.69, 9.17) is 30.6 Å². The van der Waals surface area contributed by atoms with Gasteiger partial charge in [-0.1, -0.05) is 28.9 Å². The normalized spacial score (nSPS) is 12.0. The van der Waals surface area contributed by atoms with Crippen LogP contribution in [0.25, 0.3) is 5.57 Å². The smallest absolute Gasteiger partial charge is 0.341 e. The SMILES string of the molecule is CCOC/C(=N\OCc1c(Cl)cccc1/C(=C\OC)C(=O)OC)c1c(F)cc(F)cc1F. The van der Waals surface area contributed by atoms with Crippen LogP contribution in [0.5, 0.6) is 0 Å². The first kappa shape index (κ1) is 25.2. The second-order valence-electron chi connectivity index (χ2n) is 6.22. The molecule has 0 N–H and O–H groups in total. The largest absolute Gasteiger partial charge is 0.503 e. The van der Waals surface area contributed by atoms with E-state index >= 15 is 0 Å². The van der Waals surface area contributed by atoms with E-state index in [0.29, 0.717) is 23.3 Å². The molecule has 0 saturated heterocycles. The first-order chi connectivity index (χ1) is 15.3. The zero-order valence-corrected chi connectivity index (χ0v) is 18.3. The Hall–Kier alpha value is -3.04. The Morgan fingerprint density at radius 1 is 1.16 bits per heavy atom. The molecule has 2 aromatic carbocycles. The van der Waals surface area contributed by atoms with Crippen molar-refractivity contribution >= 4 is 28.9 Å². The maximum Gasteiger partial charge on any atom is 0.341 e. The minimum absolute atomic E-state index is 0.0743. The van der Waals surface area contributed by atoms with Crippen molar-refractivity contribution in [1.29, 1.82) is 0 Å². The first-order valence-electron chi connectivity index (χ1n) is 9.34. The summed E-state index contributed by atoms with van der Waals surface area (Å²) in [5.41, 5.74) is -0.0237. The third-order valence-electron chi connectivity index (χ3n) is 4.17. The number of benzene rings is 2. The molecule has 0 radical (unpaired) electrons. The highest BCUT2D eigenvalue weighted by molar-refractivity contribution is 6.32. The summed E-state index contributed by atoms with van der Waals surface area (Å²) in [5.74, 6) is -4.05. The predicted octanol–water partition coefficient (Wildman–Crippen LogP) is 4.88. The molecule has 172 valence electrons. The molecule has 0 aliphatic heterocycles. The number of methoxy groups -OCH3 is 2. The lowest BCUT2D eigenvalue weighted by atomic mass is 10.0. The van der Waals surface area contributed by atoms with Crippen molar-refractivity contribution in [2.24, 2.45) is 5.16 Å². The lowest BCUT2D eigenvalue weighted by Gasteiger charge is -2.13. The number of hydrogen-bond donors (Lipinski definition) is 0. The van der Waals surface area contributed by atoms with Crippen LogP contribution in [0, 0.1) is 17.5 Å². The third kappa shape index (κ3) is 6.24. The number of oxime groups is 1. The minimum atomic E-state index is -1.15. The summed E-state index contributed by atoms with van der Waals surface area (Å²) in [7, 11) is 2.57. The molecule has 0 bridgehead atoms. The van der Waals surface area contributed by atoms with E-state index in [9.17, 15) is 18.0 Å². The van der Waals surface area contributed by atoms with Gasteiger partial charge in [0.2, 0.25) is 0 Å². The number of carbonyl (C=O) groups is 1. The van der Waals surface area contributed by atoms with Gasteiger partial charge in [-0.3, -0.25) is 0 Å². The van der Waals surface area contributed by atoms with Gasteiger partial charge in [-0.05, 0) is 13.0 Å². The highest BCUT2D eigenvalue weighted by Crippen LogP contribution is 2.28. The van der Waals surface area contributed by atoms with Gasteiger partial charge in [0.15, 0.2) is 0 Å². The average molecular weight is 472 g/mol. The molecule has 0 saturated carbocycles. The van der Waals surface area contributed by atoms with E-state index in [1.54, 1.807) is 25.1 Å². The lowest BCUT2D eigenvalue weighted by Crippen LogP contribution is -2.16. The van der Waals surface area contributed by atoms with E-state index < -0.39 is 29.0 Å². The number of nitrogens with zero attached hydrogens (tertiary/aromatic N) is 1. The maximum atomic E-state index is 14.2. The fourth-order valence-corrected chi connectivity index (χ4v) is 2.97. The van der Waals surface area contributed by atoms with Crippen LogP contribution in [-0.2, 0) is 30.4 Å². The summed E-state index contributed by atoms with van der Waals surface area (Å²) < 4.78 is 56.6. The van der Waals surface area contributed by atoms with Gasteiger partial charge in [-0.15, -0.1) is 0 Å². The van der Waals surface area contributed by atoms with Gasteiger partial charge in [-0.25, -0.2) is 18.0 Å². The number of hydrogen-bond acceptors (Lipinski definition) is 6. The van der Waals surface area contributed by atoms with Crippen LogP contribution in [0.3, 0.4) is 0 Å². The predicted molar refractivity (Wildman–Crippen MR) is 113 cm³/mol. The molecule has 10 heteroatoms. The van der Waals surface area contributed by atoms with E-state index in [1.807, 2.05) is 0 Å². The average Bonchev–Trinajstić information content (AvgIpc) is 2.75. The molecule has 0 unspecified atom stereocenters. The Kier molecular flexibility index (Phi) is 9.55. The number of esters is 1. The Morgan fingerprint density at radius 2 is 1.84 bits per heavy atom. The summed E-state index contributed by atoms with van der Waals surface area (Å²) in [6.45, 7) is 1.36. The zero-order chi connectivity index (χ0) is 23.7. The van der Waals surface area contributed by atoms with Crippen molar-refractivity contribution in [3.05, 3.63) is 75.8 Å². The second kappa shape index (κ2) is 12.1. The van der Waals surface area contributed by atoms with E-state index in [0.717, 1.165) is 0 Å². The topological polar surface area (TPSA) is 66.3 Å². The highest BCUT2D eigenvalue weighted by atomic mass is 35.5. The van der Waals surface area contributed by atoms with Crippen molar-refractivity contribution in [1.82, 2.24) is 0 Å². The van der Waals surface area contributed by atoms with Crippen molar-refractivity contribution in [3.63, 3.8) is 0 Å². The van der Waals surface area contributed by atoms with E-state index in [1.165, 1.54) is 20.5 Å². The van der Waals surface area contributed by atoms with Crippen LogP contribution in [0.2, 0.25) is 5.02 Å². The molecule has 0 amide bonds. The van der Waals surface area contributed by atoms with Gasteiger partial charge in [-0.2, -0.15) is 0 Å². The van der Waals surface area contributed by atoms with Crippen LogP contribution < -0.4 is 0 Å². The first-order valence-corrected chi connectivity index (χ1v) is 9.72. The van der Waals surface area contributed by atoms with Gasteiger partial charge in [0.25, 0.3) is 0 Å². The van der Waals surface area contributed by atoms with Crippen LogP contribution in [0.1, 0.15) is 23.6 Å². The Balaban J connectivity index is 2.41. The molecule has 0 aliphatic carbocycles. The Bertz CT molecular complexity index is 1000. The molecule has 2 aromatic rings. The summed E-state index contributed by atoms with van der Waals surface area (Å²) in [6.07, 6.45) is 1.19. The summed E-state index contributed by atoms with van der Waals surface area (Å²) in [5, 5.41) is 4.04. The highest BCUT2D eigenvalue weighted by Gasteiger charge is 2.21. The van der Waals surface area contributed by atoms with Gasteiger partial charge in [0.1, 0.15) is 35.3 Å². The van der Waals surface area contributed by atoms with Gasteiger partial charge >= 0.3 is 5.97 Å². The van der Waals surface area contributed by atoms with Crippen molar-refractivity contribution in [2.75, 3.05) is 27.4 Å². The fraction of sp³-hybridized carbons (Fsp3) is 0.273. The fourth-order valence-electron chi connectivity index (χ4n) is 2.74. The van der Waals surface area contributed by atoms with Gasteiger partial charge in [0, 0.05) is 34.9 Å². The van der Waals surface area contributed by atoms with Crippen LogP contribution in [0.15, 0.2) is 41.7 Å². The molecule has 2 rings (SSSR count). The molecular weight excluding hydrogens is 451 g/mol. The third-order valence-corrected chi connectivity index (χ3v) is 4.53. The van der Waals surface area contributed by atoms with Crippen molar-refractivity contribution in [2.45, 2.75) is 13.5 Å². The maximum absolute atomic E-state index is 14.2. The van der Waals surface area contributed by atoms with Gasteiger partial charge < -0.3 is 19.0 Å². The standard InChI is InChI=1S/C22H21ClF3NO5/c1-4-31-12-20(21-18(25)8-13(24)9-19(21)26)27-32-11-15-14(6-5-7-17(15)23)16(10-29-2)22(28)30-3/h5-10H,4,11-12H2,1-3H3/b16-10+,27-20+. The lowest BCUT2D eigenvalue weighted by molar-refractivity contribution is -0.133. The molecule has 0 heterocycles. The molecular formula is C22H21ClF3NO5. The van der Waals surface area contributed by atoms with Gasteiger partial charge in [0.05, 0.1) is 32.7 Å². The van der Waals surface area contributed by atoms with Crippen LogP contribution in [-0.4, -0.2) is 39.1 Å². The van der Waals surface area contributed by atoms with E-state index in [-0.39, 0.29) is 36.1 Å². The number of ether oxygens (including phenoxy) is 3. The number of rotatable bonds is 10. The monoisotopic (exact) mass is 471 g/mol. The molecule has 6 nitrogen and oxygen atoms in total. The molecule has 0 aliphatic rings. The summed E-state index contributed by atoms with van der Waals surface area (Å²) >= 11 is 6.27. The van der Waals surface area contributed by atoms with Crippen molar-refractivity contribution in [3.8, 4) is 0 Å². The number of halogens is 4. The molecule has 0 aromatic heterocycles. The Morgan fingerprint density at radius 3 is 2.44 bits per heavy atom. The van der Waals surface area contributed by atoms with Crippen LogP contribution in [0.4, 0.5) is 13.2 Å². The zero-order valence-electron chi connectivity index (χ0n) is 17.6.